The number of aliphatic hydroxyl groups excluding tert-OH is 1. The summed E-state index contributed by atoms with van der Waals surface area (Å²) in [5, 5.41) is 13.5. The molecule has 1 heterocycles. The molecule has 3 nitrogen and oxygen atoms in total. The molecule has 74 valence electrons. The molecule has 0 saturated carbocycles. The van der Waals surface area contributed by atoms with Gasteiger partial charge in [0.05, 0.1) is 18.2 Å². The SMILES string of the molecule is CNC(CO)c1cccc2cc[nH]c12. The first-order chi connectivity index (χ1) is 6.86. The summed E-state index contributed by atoms with van der Waals surface area (Å²) < 4.78 is 0. The monoisotopic (exact) mass is 190 g/mol. The van der Waals surface area contributed by atoms with Gasteiger partial charge in [-0.3, -0.25) is 0 Å². The molecule has 0 aliphatic carbocycles. The lowest BCUT2D eigenvalue weighted by Gasteiger charge is -2.14. The third-order valence-electron chi connectivity index (χ3n) is 2.53. The number of aromatic amines is 1. The van der Waals surface area contributed by atoms with E-state index in [1.165, 1.54) is 5.39 Å². The Morgan fingerprint density at radius 1 is 1.43 bits per heavy atom. The third kappa shape index (κ3) is 1.41. The molecule has 1 aromatic carbocycles. The number of para-hydroxylation sites is 1. The smallest absolute Gasteiger partial charge is 0.0627 e. The van der Waals surface area contributed by atoms with Crippen molar-refractivity contribution in [2.24, 2.45) is 0 Å². The highest BCUT2D eigenvalue weighted by molar-refractivity contribution is 5.82. The van der Waals surface area contributed by atoms with Crippen LogP contribution in [0.3, 0.4) is 0 Å². The van der Waals surface area contributed by atoms with Crippen molar-refractivity contribution in [2.45, 2.75) is 6.04 Å². The molecule has 0 aliphatic rings. The first-order valence-corrected chi connectivity index (χ1v) is 4.71. The Labute approximate surface area is 82.8 Å². The van der Waals surface area contributed by atoms with E-state index in [-0.39, 0.29) is 12.6 Å². The van der Waals surface area contributed by atoms with Crippen molar-refractivity contribution in [3.05, 3.63) is 36.0 Å². The van der Waals surface area contributed by atoms with Gasteiger partial charge in [-0.15, -0.1) is 0 Å². The van der Waals surface area contributed by atoms with Crippen molar-refractivity contribution in [3.8, 4) is 0 Å². The summed E-state index contributed by atoms with van der Waals surface area (Å²) >= 11 is 0. The van der Waals surface area contributed by atoms with Crippen molar-refractivity contribution >= 4 is 10.9 Å². The molecule has 0 fully saturated rings. The van der Waals surface area contributed by atoms with E-state index >= 15 is 0 Å². The van der Waals surface area contributed by atoms with Crippen molar-refractivity contribution in [1.82, 2.24) is 10.3 Å². The lowest BCUT2D eigenvalue weighted by Crippen LogP contribution is -2.20. The summed E-state index contributed by atoms with van der Waals surface area (Å²) in [5.74, 6) is 0. The number of H-pyrrole nitrogens is 1. The highest BCUT2D eigenvalue weighted by Crippen LogP contribution is 2.22. The lowest BCUT2D eigenvalue weighted by molar-refractivity contribution is 0.251. The van der Waals surface area contributed by atoms with Crippen molar-refractivity contribution in [1.29, 1.82) is 0 Å². The average Bonchev–Trinajstić information content (AvgIpc) is 2.68. The summed E-state index contributed by atoms with van der Waals surface area (Å²) in [6.07, 6.45) is 1.91. The van der Waals surface area contributed by atoms with Gasteiger partial charge in [0, 0.05) is 6.20 Å². The number of fused-ring (bicyclic) bond motifs is 1. The molecule has 0 aliphatic heterocycles. The molecule has 0 radical (unpaired) electrons. The van der Waals surface area contributed by atoms with Crippen LogP contribution >= 0.6 is 0 Å². The average molecular weight is 190 g/mol. The van der Waals surface area contributed by atoms with E-state index in [1.807, 2.05) is 31.4 Å². The summed E-state index contributed by atoms with van der Waals surface area (Å²) in [7, 11) is 1.85. The fourth-order valence-electron chi connectivity index (χ4n) is 1.74. The number of hydrogen-bond donors (Lipinski definition) is 3. The van der Waals surface area contributed by atoms with Crippen LogP contribution in [0.25, 0.3) is 10.9 Å². The predicted molar refractivity (Wildman–Crippen MR) is 57.2 cm³/mol. The second-order valence-corrected chi connectivity index (χ2v) is 3.31. The summed E-state index contributed by atoms with van der Waals surface area (Å²) in [5.41, 5.74) is 2.21. The van der Waals surface area contributed by atoms with Gasteiger partial charge in [0.1, 0.15) is 0 Å². The second-order valence-electron chi connectivity index (χ2n) is 3.31. The number of nitrogens with one attached hydrogen (secondary N) is 2. The van der Waals surface area contributed by atoms with Crippen LogP contribution in [0.15, 0.2) is 30.5 Å². The molecule has 0 spiro atoms. The van der Waals surface area contributed by atoms with E-state index < -0.39 is 0 Å². The highest BCUT2D eigenvalue weighted by atomic mass is 16.3. The van der Waals surface area contributed by atoms with E-state index in [0.29, 0.717) is 0 Å². The fourth-order valence-corrected chi connectivity index (χ4v) is 1.74. The van der Waals surface area contributed by atoms with Gasteiger partial charge in [-0.25, -0.2) is 0 Å². The lowest BCUT2D eigenvalue weighted by atomic mass is 10.1. The minimum Gasteiger partial charge on any atom is -0.394 e. The number of aliphatic hydroxyl groups is 1. The van der Waals surface area contributed by atoms with Crippen LogP contribution in [-0.2, 0) is 0 Å². The van der Waals surface area contributed by atoms with E-state index in [4.69, 9.17) is 0 Å². The molecule has 0 amide bonds. The third-order valence-corrected chi connectivity index (χ3v) is 2.53. The quantitative estimate of drug-likeness (QED) is 0.685. The first kappa shape index (κ1) is 9.24. The molecule has 1 aromatic heterocycles. The fraction of sp³-hybridized carbons (Fsp3) is 0.273. The van der Waals surface area contributed by atoms with Crippen molar-refractivity contribution in [3.63, 3.8) is 0 Å². The van der Waals surface area contributed by atoms with Crippen LogP contribution in [0.4, 0.5) is 0 Å². The van der Waals surface area contributed by atoms with Gasteiger partial charge in [0.25, 0.3) is 0 Å². The molecule has 0 saturated heterocycles. The van der Waals surface area contributed by atoms with Crippen molar-refractivity contribution in [2.75, 3.05) is 13.7 Å². The van der Waals surface area contributed by atoms with Gasteiger partial charge >= 0.3 is 0 Å². The Balaban J connectivity index is 2.54. The van der Waals surface area contributed by atoms with Crippen LogP contribution in [0.2, 0.25) is 0 Å². The number of likely N-dealkylation sites (N-methyl/N-ethyl adjacent to an activating group) is 1. The van der Waals surface area contributed by atoms with Gasteiger partial charge in [-0.2, -0.15) is 0 Å². The molecular formula is C11H14N2O. The maximum Gasteiger partial charge on any atom is 0.0627 e. The van der Waals surface area contributed by atoms with E-state index in [9.17, 15) is 5.11 Å². The Bertz CT molecular complexity index is 418. The molecule has 1 unspecified atom stereocenters. The van der Waals surface area contributed by atoms with Crippen LogP contribution in [-0.4, -0.2) is 23.7 Å². The molecule has 1 atom stereocenters. The largest absolute Gasteiger partial charge is 0.394 e. The minimum absolute atomic E-state index is 0.00245. The zero-order valence-electron chi connectivity index (χ0n) is 8.12. The maximum absolute atomic E-state index is 9.20. The van der Waals surface area contributed by atoms with Gasteiger partial charge in [-0.05, 0) is 24.1 Å². The number of rotatable bonds is 3. The normalized spacial score (nSPS) is 13.3. The highest BCUT2D eigenvalue weighted by Gasteiger charge is 2.11. The van der Waals surface area contributed by atoms with E-state index in [1.54, 1.807) is 0 Å². The summed E-state index contributed by atoms with van der Waals surface area (Å²) in [6, 6.07) is 8.11. The number of hydrogen-bond acceptors (Lipinski definition) is 2. The van der Waals surface area contributed by atoms with Crippen molar-refractivity contribution < 1.29 is 5.11 Å². The van der Waals surface area contributed by atoms with E-state index in [0.717, 1.165) is 11.1 Å². The topological polar surface area (TPSA) is 48.0 Å². The van der Waals surface area contributed by atoms with Gasteiger partial charge < -0.3 is 15.4 Å². The standard InChI is InChI=1S/C11H14N2O/c1-12-10(7-14)9-4-2-3-8-5-6-13-11(8)9/h2-6,10,12-14H,7H2,1H3. The molecular weight excluding hydrogens is 176 g/mol. The maximum atomic E-state index is 9.20. The zero-order chi connectivity index (χ0) is 9.97. The Morgan fingerprint density at radius 3 is 3.00 bits per heavy atom. The van der Waals surface area contributed by atoms with Crippen LogP contribution < -0.4 is 5.32 Å². The number of aromatic nitrogens is 1. The summed E-state index contributed by atoms with van der Waals surface area (Å²) in [4.78, 5) is 3.19. The molecule has 2 aromatic rings. The Morgan fingerprint density at radius 2 is 2.29 bits per heavy atom. The Hall–Kier alpha value is -1.32. The summed E-state index contributed by atoms with van der Waals surface area (Å²) in [6.45, 7) is 0.106. The molecule has 2 rings (SSSR count). The van der Waals surface area contributed by atoms with Crippen LogP contribution in [0.5, 0.6) is 0 Å². The van der Waals surface area contributed by atoms with Gasteiger partial charge in [0.15, 0.2) is 0 Å². The van der Waals surface area contributed by atoms with Gasteiger partial charge in [0.2, 0.25) is 0 Å². The number of benzene rings is 1. The van der Waals surface area contributed by atoms with Crippen LogP contribution in [0.1, 0.15) is 11.6 Å². The Kier molecular flexibility index (Phi) is 2.52. The molecule has 14 heavy (non-hydrogen) atoms. The van der Waals surface area contributed by atoms with Gasteiger partial charge in [-0.1, -0.05) is 18.2 Å². The molecule has 3 N–H and O–H groups in total. The second kappa shape index (κ2) is 3.82. The molecule has 3 heteroatoms. The predicted octanol–water partition coefficient (Wildman–Crippen LogP) is 1.42. The van der Waals surface area contributed by atoms with E-state index in [2.05, 4.69) is 16.4 Å². The molecule has 0 bridgehead atoms. The zero-order valence-corrected chi connectivity index (χ0v) is 8.12. The first-order valence-electron chi connectivity index (χ1n) is 4.71. The van der Waals surface area contributed by atoms with Crippen LogP contribution in [0, 0.1) is 0 Å². The minimum atomic E-state index is -0.00245.